The third kappa shape index (κ3) is 2.31. The molecule has 1 aliphatic heterocycles. The van der Waals surface area contributed by atoms with Gasteiger partial charge in [0.15, 0.2) is 0 Å². The lowest BCUT2D eigenvalue weighted by Gasteiger charge is -2.16. The second-order valence-electron chi connectivity index (χ2n) is 6.02. The minimum atomic E-state index is -0.578. The Morgan fingerprint density at radius 2 is 1.40 bits per heavy atom. The molecule has 1 saturated heterocycles. The van der Waals surface area contributed by atoms with Crippen LogP contribution in [-0.4, -0.2) is 31.1 Å². The third-order valence-corrected chi connectivity index (χ3v) is 4.79. The van der Waals surface area contributed by atoms with E-state index in [0.717, 1.165) is 22.3 Å². The van der Waals surface area contributed by atoms with Crippen molar-refractivity contribution in [2.75, 3.05) is 14.2 Å². The van der Waals surface area contributed by atoms with E-state index in [9.17, 15) is 9.59 Å². The SMILES string of the molecule is COC(=O)/C=C(\C(=O)OC)N1C2c3ccccc3-c3ccccc3C21. The fourth-order valence-corrected chi connectivity index (χ4v) is 3.69. The van der Waals surface area contributed by atoms with Crippen LogP contribution in [0, 0.1) is 0 Å². The van der Waals surface area contributed by atoms with E-state index in [4.69, 9.17) is 9.47 Å². The predicted molar refractivity (Wildman–Crippen MR) is 91.3 cm³/mol. The Morgan fingerprint density at radius 3 is 1.88 bits per heavy atom. The molecule has 2 aromatic rings. The highest BCUT2D eigenvalue weighted by molar-refractivity contribution is 5.97. The van der Waals surface area contributed by atoms with Crippen LogP contribution in [0.5, 0.6) is 0 Å². The summed E-state index contributed by atoms with van der Waals surface area (Å²) in [4.78, 5) is 25.9. The van der Waals surface area contributed by atoms with E-state index >= 15 is 0 Å². The highest BCUT2D eigenvalue weighted by Gasteiger charge is 2.56. The zero-order valence-corrected chi connectivity index (χ0v) is 13.9. The van der Waals surface area contributed by atoms with Crippen LogP contribution in [0.3, 0.4) is 0 Å². The molecule has 0 aromatic heterocycles. The summed E-state index contributed by atoms with van der Waals surface area (Å²) >= 11 is 0. The maximum atomic E-state index is 12.3. The van der Waals surface area contributed by atoms with Gasteiger partial charge in [-0.2, -0.15) is 0 Å². The number of ether oxygens (including phenoxy) is 2. The topological polar surface area (TPSA) is 55.6 Å². The first kappa shape index (κ1) is 15.4. The van der Waals surface area contributed by atoms with Crippen molar-refractivity contribution in [3.8, 4) is 11.1 Å². The van der Waals surface area contributed by atoms with Gasteiger partial charge in [-0.05, 0) is 22.3 Å². The molecule has 0 radical (unpaired) electrons. The quantitative estimate of drug-likeness (QED) is 0.490. The van der Waals surface area contributed by atoms with Gasteiger partial charge in [-0.1, -0.05) is 48.5 Å². The Kier molecular flexibility index (Phi) is 3.57. The smallest absolute Gasteiger partial charge is 0.354 e. The molecule has 5 nitrogen and oxygen atoms in total. The summed E-state index contributed by atoms with van der Waals surface area (Å²) in [7, 11) is 2.59. The molecule has 0 spiro atoms. The molecule has 2 aromatic carbocycles. The van der Waals surface area contributed by atoms with Crippen LogP contribution in [-0.2, 0) is 19.1 Å². The minimum absolute atomic E-state index is 0.0149. The minimum Gasteiger partial charge on any atom is -0.466 e. The van der Waals surface area contributed by atoms with Crippen LogP contribution in [0.1, 0.15) is 23.2 Å². The summed E-state index contributed by atoms with van der Waals surface area (Å²) in [6, 6.07) is 16.3. The van der Waals surface area contributed by atoms with Crippen LogP contribution in [0.25, 0.3) is 11.1 Å². The Morgan fingerprint density at radius 1 is 0.880 bits per heavy atom. The fourth-order valence-electron chi connectivity index (χ4n) is 3.69. The molecule has 1 aliphatic carbocycles. The molecule has 1 fully saturated rings. The summed E-state index contributed by atoms with van der Waals surface area (Å²) in [5.41, 5.74) is 4.82. The first-order valence-electron chi connectivity index (χ1n) is 8.02. The van der Waals surface area contributed by atoms with Crippen molar-refractivity contribution in [1.29, 1.82) is 0 Å². The van der Waals surface area contributed by atoms with Gasteiger partial charge in [0.05, 0.1) is 32.4 Å². The van der Waals surface area contributed by atoms with Crippen LogP contribution in [0.4, 0.5) is 0 Å². The molecule has 0 amide bonds. The van der Waals surface area contributed by atoms with Gasteiger partial charge >= 0.3 is 11.9 Å². The normalized spacial score (nSPS) is 20.1. The van der Waals surface area contributed by atoms with Gasteiger partial charge in [0, 0.05) is 0 Å². The summed E-state index contributed by atoms with van der Waals surface area (Å²) < 4.78 is 9.58. The molecule has 126 valence electrons. The second kappa shape index (κ2) is 5.77. The number of fused-ring (bicyclic) bond motifs is 6. The monoisotopic (exact) mass is 335 g/mol. The average molecular weight is 335 g/mol. The summed E-state index contributed by atoms with van der Waals surface area (Å²) in [6.07, 6.45) is 1.20. The first-order valence-corrected chi connectivity index (χ1v) is 8.02. The van der Waals surface area contributed by atoms with Crippen molar-refractivity contribution in [2.24, 2.45) is 0 Å². The number of rotatable bonds is 3. The van der Waals surface area contributed by atoms with Gasteiger partial charge in [0.25, 0.3) is 0 Å². The van der Waals surface area contributed by atoms with Gasteiger partial charge in [-0.3, -0.25) is 0 Å². The van der Waals surface area contributed by atoms with E-state index in [1.165, 1.54) is 20.3 Å². The third-order valence-electron chi connectivity index (χ3n) is 4.79. The largest absolute Gasteiger partial charge is 0.466 e. The van der Waals surface area contributed by atoms with Crippen molar-refractivity contribution in [3.63, 3.8) is 0 Å². The van der Waals surface area contributed by atoms with Crippen molar-refractivity contribution in [2.45, 2.75) is 12.1 Å². The molecule has 2 unspecified atom stereocenters. The highest BCUT2D eigenvalue weighted by Crippen LogP contribution is 2.63. The average Bonchev–Trinajstić information content (AvgIpc) is 3.41. The Bertz CT molecular complexity index is 851. The van der Waals surface area contributed by atoms with Gasteiger partial charge < -0.3 is 14.4 Å². The van der Waals surface area contributed by atoms with E-state index in [2.05, 4.69) is 24.3 Å². The molecule has 4 rings (SSSR count). The van der Waals surface area contributed by atoms with E-state index in [-0.39, 0.29) is 17.8 Å². The molecular weight excluding hydrogens is 318 g/mol. The van der Waals surface area contributed by atoms with Crippen molar-refractivity contribution in [1.82, 2.24) is 4.90 Å². The van der Waals surface area contributed by atoms with Gasteiger partial charge in [0.2, 0.25) is 0 Å². The van der Waals surface area contributed by atoms with E-state index in [0.29, 0.717) is 0 Å². The Hall–Kier alpha value is -3.08. The van der Waals surface area contributed by atoms with Crippen LogP contribution < -0.4 is 0 Å². The zero-order chi connectivity index (χ0) is 17.6. The van der Waals surface area contributed by atoms with Crippen molar-refractivity contribution < 1.29 is 19.1 Å². The number of hydrogen-bond donors (Lipinski definition) is 0. The van der Waals surface area contributed by atoms with Crippen LogP contribution in [0.15, 0.2) is 60.3 Å². The molecule has 5 heteroatoms. The van der Waals surface area contributed by atoms with Crippen molar-refractivity contribution in [3.05, 3.63) is 71.4 Å². The standard InChI is InChI=1S/C20H17NO4/c1-24-17(22)11-16(20(23)25-2)21-18-14-9-5-3-7-12(14)13-8-4-6-10-15(13)19(18)21/h3-11,18-19H,1-2H3/b16-11+. The number of methoxy groups -OCH3 is 2. The lowest BCUT2D eigenvalue weighted by Crippen LogP contribution is -2.15. The maximum Gasteiger partial charge on any atom is 0.354 e. The fraction of sp³-hybridized carbons (Fsp3) is 0.200. The summed E-state index contributed by atoms with van der Waals surface area (Å²) in [6.45, 7) is 0. The lowest BCUT2D eigenvalue weighted by molar-refractivity contribution is -0.139. The predicted octanol–water partition coefficient (Wildman–Crippen LogP) is 2.99. The maximum absolute atomic E-state index is 12.3. The summed E-state index contributed by atoms with van der Waals surface area (Å²) in [5, 5.41) is 0. The van der Waals surface area contributed by atoms with E-state index in [1.54, 1.807) is 0 Å². The number of benzene rings is 2. The number of carbonyl (C=O) groups is 2. The van der Waals surface area contributed by atoms with E-state index in [1.807, 2.05) is 29.2 Å². The van der Waals surface area contributed by atoms with Gasteiger partial charge in [-0.25, -0.2) is 9.59 Å². The Labute approximate surface area is 145 Å². The van der Waals surface area contributed by atoms with E-state index < -0.39 is 11.9 Å². The number of hydrogen-bond acceptors (Lipinski definition) is 5. The molecule has 0 saturated carbocycles. The molecule has 0 N–H and O–H groups in total. The second-order valence-corrected chi connectivity index (χ2v) is 6.02. The molecule has 2 atom stereocenters. The Balaban J connectivity index is 1.85. The molecular formula is C20H17NO4. The molecule has 25 heavy (non-hydrogen) atoms. The summed E-state index contributed by atoms with van der Waals surface area (Å²) in [5.74, 6) is -1.12. The van der Waals surface area contributed by atoms with Crippen molar-refractivity contribution >= 4 is 11.9 Å². The molecule has 0 bridgehead atoms. The first-order chi connectivity index (χ1) is 12.2. The zero-order valence-electron chi connectivity index (χ0n) is 13.9. The van der Waals surface area contributed by atoms with Crippen LogP contribution >= 0.6 is 0 Å². The molecule has 2 aliphatic rings. The number of nitrogens with zero attached hydrogens (tertiary/aromatic N) is 1. The molecule has 1 heterocycles. The highest BCUT2D eigenvalue weighted by atomic mass is 16.5. The van der Waals surface area contributed by atoms with Crippen LogP contribution in [0.2, 0.25) is 0 Å². The lowest BCUT2D eigenvalue weighted by atomic mass is 9.86. The number of esters is 2. The number of carbonyl (C=O) groups excluding carboxylic acids is 2. The van der Waals surface area contributed by atoms with Gasteiger partial charge in [0.1, 0.15) is 5.70 Å². The van der Waals surface area contributed by atoms with Gasteiger partial charge in [-0.15, -0.1) is 0 Å².